The molecule has 4 N–H and O–H groups in total. The molecule has 2 aromatic heterocycles. The summed E-state index contributed by atoms with van der Waals surface area (Å²) in [6, 6.07) is 13.2. The standard InChI is InChI=1S/C22H20F3N7/c23-22(24,25)15-6-3-4-13(8-15)11-31-12-16(9-14-5-1-2-7-18(14)31)32-20-17(10-28-32)19(26)29-21(27)30-20/h1-8,10,16H,9,11-12H2,(H4,26,27,29,30). The zero-order chi connectivity index (χ0) is 22.5. The van der Waals surface area contributed by atoms with Crippen molar-refractivity contribution in [2.75, 3.05) is 22.9 Å². The van der Waals surface area contributed by atoms with Crippen LogP contribution >= 0.6 is 0 Å². The van der Waals surface area contributed by atoms with Crippen LogP contribution in [0.15, 0.2) is 54.7 Å². The molecule has 5 rings (SSSR count). The van der Waals surface area contributed by atoms with Crippen LogP contribution < -0.4 is 16.4 Å². The Morgan fingerprint density at radius 2 is 1.84 bits per heavy atom. The van der Waals surface area contributed by atoms with E-state index in [9.17, 15) is 13.2 Å². The fourth-order valence-corrected chi connectivity index (χ4v) is 4.28. The number of benzene rings is 2. The van der Waals surface area contributed by atoms with E-state index in [0.717, 1.165) is 17.3 Å². The zero-order valence-corrected chi connectivity index (χ0v) is 16.9. The van der Waals surface area contributed by atoms with Gasteiger partial charge in [-0.1, -0.05) is 30.3 Å². The van der Waals surface area contributed by atoms with E-state index in [1.807, 2.05) is 24.3 Å². The second-order valence-electron chi connectivity index (χ2n) is 7.86. The average Bonchev–Trinajstić information content (AvgIpc) is 3.17. The van der Waals surface area contributed by atoms with Crippen molar-refractivity contribution < 1.29 is 13.2 Å². The summed E-state index contributed by atoms with van der Waals surface area (Å²) in [6.07, 6.45) is -2.08. The highest BCUT2D eigenvalue weighted by Gasteiger charge is 2.31. The van der Waals surface area contributed by atoms with Crippen LogP contribution in [0.25, 0.3) is 11.0 Å². The van der Waals surface area contributed by atoms with Crippen molar-refractivity contribution >= 4 is 28.5 Å². The molecule has 0 radical (unpaired) electrons. The average molecular weight is 439 g/mol. The number of halogens is 3. The van der Waals surface area contributed by atoms with Gasteiger partial charge in [-0.3, -0.25) is 0 Å². The molecular weight excluding hydrogens is 419 g/mol. The molecule has 0 spiro atoms. The van der Waals surface area contributed by atoms with E-state index in [4.69, 9.17) is 11.5 Å². The van der Waals surface area contributed by atoms with E-state index in [1.54, 1.807) is 16.9 Å². The summed E-state index contributed by atoms with van der Waals surface area (Å²) in [5, 5.41) is 5.10. The van der Waals surface area contributed by atoms with Gasteiger partial charge in [0.15, 0.2) is 5.65 Å². The number of aromatic nitrogens is 4. The van der Waals surface area contributed by atoms with Crippen molar-refractivity contribution in [1.82, 2.24) is 19.7 Å². The van der Waals surface area contributed by atoms with Crippen LogP contribution in [0.2, 0.25) is 0 Å². The smallest absolute Gasteiger partial charge is 0.383 e. The van der Waals surface area contributed by atoms with E-state index in [-0.39, 0.29) is 17.8 Å². The normalized spacial score (nSPS) is 16.3. The van der Waals surface area contributed by atoms with Crippen molar-refractivity contribution in [3.8, 4) is 0 Å². The van der Waals surface area contributed by atoms with Crippen molar-refractivity contribution in [3.05, 3.63) is 71.4 Å². The Kier molecular flexibility index (Phi) is 4.65. The van der Waals surface area contributed by atoms with Gasteiger partial charge in [0.2, 0.25) is 5.95 Å². The van der Waals surface area contributed by atoms with Crippen LogP contribution in [0.5, 0.6) is 0 Å². The second-order valence-corrected chi connectivity index (χ2v) is 7.86. The fourth-order valence-electron chi connectivity index (χ4n) is 4.28. The maximum absolute atomic E-state index is 13.2. The summed E-state index contributed by atoms with van der Waals surface area (Å²) in [7, 11) is 0. The third-order valence-electron chi connectivity index (χ3n) is 5.69. The van der Waals surface area contributed by atoms with E-state index in [1.165, 1.54) is 12.1 Å². The molecule has 0 aliphatic carbocycles. The van der Waals surface area contributed by atoms with Crippen LogP contribution in [-0.4, -0.2) is 26.3 Å². The number of para-hydroxylation sites is 1. The minimum Gasteiger partial charge on any atom is -0.383 e. The summed E-state index contributed by atoms with van der Waals surface area (Å²) < 4.78 is 41.3. The summed E-state index contributed by atoms with van der Waals surface area (Å²) >= 11 is 0. The molecule has 7 nitrogen and oxygen atoms in total. The summed E-state index contributed by atoms with van der Waals surface area (Å²) in [6.45, 7) is 0.865. The molecule has 32 heavy (non-hydrogen) atoms. The fraction of sp³-hybridized carbons (Fsp3) is 0.227. The van der Waals surface area contributed by atoms with E-state index >= 15 is 0 Å². The predicted octanol–water partition coefficient (Wildman–Crippen LogP) is 3.81. The predicted molar refractivity (Wildman–Crippen MR) is 116 cm³/mol. The van der Waals surface area contributed by atoms with Crippen molar-refractivity contribution in [2.24, 2.45) is 0 Å². The van der Waals surface area contributed by atoms with Gasteiger partial charge >= 0.3 is 6.18 Å². The lowest BCUT2D eigenvalue weighted by Gasteiger charge is -2.36. The molecular formula is C22H20F3N7. The monoisotopic (exact) mass is 439 g/mol. The SMILES string of the molecule is Nc1nc(N)c2cnn(C3Cc4ccccc4N(Cc4cccc(C(F)(F)F)c4)C3)c2n1. The van der Waals surface area contributed by atoms with E-state index in [2.05, 4.69) is 20.0 Å². The first-order valence-corrected chi connectivity index (χ1v) is 10.0. The second kappa shape index (κ2) is 7.40. The molecule has 1 atom stereocenters. The van der Waals surface area contributed by atoms with Crippen molar-refractivity contribution in [2.45, 2.75) is 25.2 Å². The number of fused-ring (bicyclic) bond motifs is 2. The highest BCUT2D eigenvalue weighted by Crippen LogP contribution is 2.35. The maximum Gasteiger partial charge on any atom is 0.416 e. The van der Waals surface area contributed by atoms with Gasteiger partial charge in [0, 0.05) is 18.8 Å². The van der Waals surface area contributed by atoms with Gasteiger partial charge in [-0.05, 0) is 35.7 Å². The number of hydrogen-bond acceptors (Lipinski definition) is 6. The Morgan fingerprint density at radius 3 is 2.66 bits per heavy atom. The number of alkyl halides is 3. The molecule has 1 unspecified atom stereocenters. The third kappa shape index (κ3) is 3.57. The molecule has 0 bridgehead atoms. The Morgan fingerprint density at radius 1 is 1.03 bits per heavy atom. The Balaban J connectivity index is 1.52. The van der Waals surface area contributed by atoms with Crippen LogP contribution in [0.3, 0.4) is 0 Å². The largest absolute Gasteiger partial charge is 0.416 e. The molecule has 0 saturated carbocycles. The number of rotatable bonds is 3. The molecule has 0 amide bonds. The number of nitrogens with zero attached hydrogens (tertiary/aromatic N) is 5. The number of anilines is 3. The molecule has 0 fully saturated rings. The molecule has 4 aromatic rings. The molecule has 1 aliphatic rings. The van der Waals surface area contributed by atoms with Gasteiger partial charge in [-0.15, -0.1) is 0 Å². The van der Waals surface area contributed by atoms with Gasteiger partial charge in [0.1, 0.15) is 5.82 Å². The van der Waals surface area contributed by atoms with Crippen molar-refractivity contribution in [3.63, 3.8) is 0 Å². The van der Waals surface area contributed by atoms with Crippen LogP contribution in [0.1, 0.15) is 22.7 Å². The van der Waals surface area contributed by atoms with Crippen molar-refractivity contribution in [1.29, 1.82) is 0 Å². The Bertz CT molecular complexity index is 1300. The minimum absolute atomic E-state index is 0.0637. The van der Waals surface area contributed by atoms with Gasteiger partial charge < -0.3 is 16.4 Å². The number of nitrogens with two attached hydrogens (primary N) is 2. The first-order valence-electron chi connectivity index (χ1n) is 10.0. The highest BCUT2D eigenvalue weighted by molar-refractivity contribution is 5.86. The summed E-state index contributed by atoms with van der Waals surface area (Å²) in [5.41, 5.74) is 14.3. The Labute approximate surface area is 181 Å². The lowest BCUT2D eigenvalue weighted by molar-refractivity contribution is -0.137. The van der Waals surface area contributed by atoms with E-state index in [0.29, 0.717) is 36.1 Å². The molecule has 164 valence electrons. The molecule has 2 aromatic carbocycles. The topological polar surface area (TPSA) is 98.9 Å². The highest BCUT2D eigenvalue weighted by atomic mass is 19.4. The van der Waals surface area contributed by atoms with E-state index < -0.39 is 11.7 Å². The maximum atomic E-state index is 13.2. The lowest BCUT2D eigenvalue weighted by Crippen LogP contribution is -2.36. The third-order valence-corrected chi connectivity index (χ3v) is 5.69. The van der Waals surface area contributed by atoms with Gasteiger partial charge in [0.05, 0.1) is 23.2 Å². The van der Waals surface area contributed by atoms with Crippen LogP contribution in [0.4, 0.5) is 30.6 Å². The number of hydrogen-bond donors (Lipinski definition) is 2. The molecule has 1 aliphatic heterocycles. The van der Waals surface area contributed by atoms with Gasteiger partial charge in [-0.2, -0.15) is 28.2 Å². The first-order chi connectivity index (χ1) is 15.3. The quantitative estimate of drug-likeness (QED) is 0.504. The Hall–Kier alpha value is -3.82. The minimum atomic E-state index is -4.38. The molecule has 3 heterocycles. The van der Waals surface area contributed by atoms with Gasteiger partial charge in [-0.25, -0.2) is 4.68 Å². The van der Waals surface area contributed by atoms with Crippen LogP contribution in [-0.2, 0) is 19.1 Å². The first kappa shape index (κ1) is 20.1. The zero-order valence-electron chi connectivity index (χ0n) is 16.9. The summed E-state index contributed by atoms with van der Waals surface area (Å²) in [4.78, 5) is 10.4. The molecule has 0 saturated heterocycles. The van der Waals surface area contributed by atoms with Gasteiger partial charge in [0.25, 0.3) is 0 Å². The summed E-state index contributed by atoms with van der Waals surface area (Å²) in [5.74, 6) is 0.324. The molecule has 10 heteroatoms. The lowest BCUT2D eigenvalue weighted by atomic mass is 9.97. The number of nitrogen functional groups attached to an aromatic ring is 2. The van der Waals surface area contributed by atoms with Crippen LogP contribution in [0, 0.1) is 0 Å².